The molecule has 2 N–H and O–H groups in total. The summed E-state index contributed by atoms with van der Waals surface area (Å²) in [6.07, 6.45) is 2.50. The van der Waals surface area contributed by atoms with Crippen LogP contribution >= 0.6 is 0 Å². The van der Waals surface area contributed by atoms with E-state index in [9.17, 15) is 14.4 Å². The van der Waals surface area contributed by atoms with Gasteiger partial charge in [-0.1, -0.05) is 25.5 Å². The maximum Gasteiger partial charge on any atom is 0.344 e. The van der Waals surface area contributed by atoms with Crippen molar-refractivity contribution in [1.82, 2.24) is 15.8 Å². The first-order chi connectivity index (χ1) is 11.3. The summed E-state index contributed by atoms with van der Waals surface area (Å²) < 4.78 is 5.10. The number of hydrazine groups is 1. The van der Waals surface area contributed by atoms with Crippen LogP contribution in [0, 0.1) is 5.41 Å². The van der Waals surface area contributed by atoms with E-state index in [2.05, 4.69) is 10.7 Å². The first-order valence-corrected chi connectivity index (χ1v) is 7.92. The highest BCUT2D eigenvalue weighted by Gasteiger charge is 2.51. The number of nitrogens with one attached hydrogen (secondary N) is 2. The number of amides is 4. The number of rotatable bonds is 4. The molecule has 1 aliphatic carbocycles. The van der Waals surface area contributed by atoms with Crippen molar-refractivity contribution in [1.29, 1.82) is 0 Å². The van der Waals surface area contributed by atoms with Crippen molar-refractivity contribution < 1.29 is 19.1 Å². The molecule has 4 amide bonds. The largest absolute Gasteiger partial charge is 0.497 e. The number of nitrogens with zero attached hydrogens (tertiary/aromatic N) is 1. The number of urea groups is 1. The maximum atomic E-state index is 12.8. The fraction of sp³-hybridized carbons (Fsp3) is 0.471. The quantitative estimate of drug-likeness (QED) is 0.822. The minimum Gasteiger partial charge on any atom is -0.497 e. The van der Waals surface area contributed by atoms with Crippen LogP contribution in [0.15, 0.2) is 24.3 Å². The molecule has 0 radical (unpaired) electrons. The van der Waals surface area contributed by atoms with Gasteiger partial charge in [-0.15, -0.1) is 0 Å². The summed E-state index contributed by atoms with van der Waals surface area (Å²) in [5, 5.41) is 3.45. The summed E-state index contributed by atoms with van der Waals surface area (Å²) in [6.45, 7) is 3.46. The first-order valence-electron chi connectivity index (χ1n) is 7.92. The van der Waals surface area contributed by atoms with Gasteiger partial charge in [-0.3, -0.25) is 15.0 Å². The third kappa shape index (κ3) is 2.40. The van der Waals surface area contributed by atoms with Crippen LogP contribution in [0.4, 0.5) is 4.79 Å². The molecule has 1 saturated heterocycles. The molecular formula is C17H21N3O4. The lowest BCUT2D eigenvalue weighted by atomic mass is 9.70. The first kappa shape index (κ1) is 16.3. The number of carbonyl (C=O) groups excluding carboxylic acids is 3. The van der Waals surface area contributed by atoms with E-state index < -0.39 is 22.9 Å². The van der Waals surface area contributed by atoms with Crippen molar-refractivity contribution in [3.05, 3.63) is 29.8 Å². The van der Waals surface area contributed by atoms with E-state index in [-0.39, 0.29) is 5.91 Å². The lowest BCUT2D eigenvalue weighted by Gasteiger charge is -2.37. The van der Waals surface area contributed by atoms with Gasteiger partial charge in [0.15, 0.2) is 0 Å². The van der Waals surface area contributed by atoms with Crippen LogP contribution in [0.25, 0.3) is 0 Å². The molecule has 3 rings (SSSR count). The molecule has 1 aromatic carbocycles. The van der Waals surface area contributed by atoms with E-state index in [1.165, 1.54) is 0 Å². The predicted molar refractivity (Wildman–Crippen MR) is 85.8 cm³/mol. The molecule has 1 aromatic rings. The molecular weight excluding hydrogens is 310 g/mol. The number of carbonyl (C=O) groups is 3. The average Bonchev–Trinajstić information content (AvgIpc) is 2.76. The number of methoxy groups -OCH3 is 1. The molecule has 0 unspecified atom stereocenters. The second kappa shape index (κ2) is 5.51. The Labute approximate surface area is 140 Å². The van der Waals surface area contributed by atoms with E-state index in [4.69, 9.17) is 4.74 Å². The van der Waals surface area contributed by atoms with Crippen molar-refractivity contribution in [3.8, 4) is 5.75 Å². The monoisotopic (exact) mass is 331 g/mol. The summed E-state index contributed by atoms with van der Waals surface area (Å²) in [5.74, 6) is -0.146. The number of hydrogen-bond acceptors (Lipinski definition) is 4. The molecule has 24 heavy (non-hydrogen) atoms. The van der Waals surface area contributed by atoms with Crippen LogP contribution in [0.3, 0.4) is 0 Å². The van der Waals surface area contributed by atoms with Gasteiger partial charge in [0.2, 0.25) is 5.91 Å². The Morgan fingerprint density at radius 3 is 2.33 bits per heavy atom. The maximum absolute atomic E-state index is 12.8. The summed E-state index contributed by atoms with van der Waals surface area (Å²) in [6, 6.07) is 6.24. The van der Waals surface area contributed by atoms with Crippen LogP contribution in [0.1, 0.15) is 38.7 Å². The highest BCUT2D eigenvalue weighted by atomic mass is 16.5. The van der Waals surface area contributed by atoms with Gasteiger partial charge in [0.1, 0.15) is 11.3 Å². The minimum atomic E-state index is -1.23. The molecule has 128 valence electrons. The predicted octanol–water partition coefficient (Wildman–Crippen LogP) is 1.68. The zero-order valence-corrected chi connectivity index (χ0v) is 14.0. The number of imide groups is 1. The fourth-order valence-electron chi connectivity index (χ4n) is 3.03. The van der Waals surface area contributed by atoms with Gasteiger partial charge >= 0.3 is 6.03 Å². The van der Waals surface area contributed by atoms with Crippen molar-refractivity contribution in [2.45, 2.75) is 38.6 Å². The molecule has 7 heteroatoms. The van der Waals surface area contributed by atoms with E-state index in [1.54, 1.807) is 38.3 Å². The van der Waals surface area contributed by atoms with Crippen molar-refractivity contribution in [3.63, 3.8) is 0 Å². The highest BCUT2D eigenvalue weighted by Crippen LogP contribution is 2.40. The standard InChI is InChI=1S/C17H21N3O4/c1-16(9-4-10-16)13(21)19-20-14(22)17(2,18-15(20)23)11-5-7-12(24-3)8-6-11/h5-8H,4,9-10H2,1-3H3,(H,18,23)(H,19,21)/t17-/m0/s1. The smallest absolute Gasteiger partial charge is 0.344 e. The van der Waals surface area contributed by atoms with E-state index in [1.807, 2.05) is 6.92 Å². The molecule has 2 fully saturated rings. The van der Waals surface area contributed by atoms with Crippen LogP contribution in [-0.4, -0.2) is 30.0 Å². The Morgan fingerprint density at radius 2 is 1.83 bits per heavy atom. The van der Waals surface area contributed by atoms with Crippen molar-refractivity contribution in [2.24, 2.45) is 5.41 Å². The SMILES string of the molecule is COc1ccc([C@]2(C)NC(=O)N(NC(=O)C3(C)CCC3)C2=O)cc1. The second-order valence-electron chi connectivity index (χ2n) is 6.78. The molecule has 1 heterocycles. The third-order valence-corrected chi connectivity index (χ3v) is 5.08. The summed E-state index contributed by atoms with van der Waals surface area (Å²) in [7, 11) is 1.55. The Bertz CT molecular complexity index is 696. The Hall–Kier alpha value is -2.57. The van der Waals surface area contributed by atoms with Gasteiger partial charge in [-0.25, -0.2) is 4.79 Å². The highest BCUT2D eigenvalue weighted by molar-refractivity contribution is 6.08. The Balaban J connectivity index is 1.80. The van der Waals surface area contributed by atoms with E-state index >= 15 is 0 Å². The molecule has 7 nitrogen and oxygen atoms in total. The van der Waals surface area contributed by atoms with Gasteiger partial charge in [0, 0.05) is 5.41 Å². The zero-order chi connectivity index (χ0) is 17.5. The van der Waals surface area contributed by atoms with Crippen LogP contribution in [0.5, 0.6) is 5.75 Å². The Kier molecular flexibility index (Phi) is 3.74. The minimum absolute atomic E-state index is 0.295. The van der Waals surface area contributed by atoms with Gasteiger partial charge in [-0.05, 0) is 37.5 Å². The Morgan fingerprint density at radius 1 is 1.21 bits per heavy atom. The number of benzene rings is 1. The number of ether oxygens (including phenoxy) is 1. The van der Waals surface area contributed by atoms with Crippen LogP contribution in [-0.2, 0) is 15.1 Å². The molecule has 1 aliphatic heterocycles. The molecule has 0 aromatic heterocycles. The molecule has 1 saturated carbocycles. The van der Waals surface area contributed by atoms with E-state index in [0.29, 0.717) is 11.3 Å². The fourth-order valence-corrected chi connectivity index (χ4v) is 3.03. The summed E-state index contributed by atoms with van der Waals surface area (Å²) in [5.41, 5.74) is 1.37. The van der Waals surface area contributed by atoms with Gasteiger partial charge in [0.05, 0.1) is 7.11 Å². The van der Waals surface area contributed by atoms with Crippen LogP contribution < -0.4 is 15.5 Å². The van der Waals surface area contributed by atoms with Crippen molar-refractivity contribution in [2.75, 3.05) is 7.11 Å². The van der Waals surface area contributed by atoms with Crippen molar-refractivity contribution >= 4 is 17.8 Å². The second-order valence-corrected chi connectivity index (χ2v) is 6.78. The van der Waals surface area contributed by atoms with E-state index in [0.717, 1.165) is 24.3 Å². The average molecular weight is 331 g/mol. The summed E-state index contributed by atoms with van der Waals surface area (Å²) in [4.78, 5) is 37.3. The lowest BCUT2D eigenvalue weighted by molar-refractivity contribution is -0.145. The van der Waals surface area contributed by atoms with Gasteiger partial charge in [0.25, 0.3) is 5.91 Å². The summed E-state index contributed by atoms with van der Waals surface area (Å²) >= 11 is 0. The molecule has 0 spiro atoms. The van der Waals surface area contributed by atoms with Gasteiger partial charge in [-0.2, -0.15) is 5.01 Å². The third-order valence-electron chi connectivity index (χ3n) is 5.08. The zero-order valence-electron chi connectivity index (χ0n) is 14.0. The van der Waals surface area contributed by atoms with Crippen LogP contribution in [0.2, 0.25) is 0 Å². The normalized spacial score (nSPS) is 25.0. The lowest BCUT2D eigenvalue weighted by Crippen LogP contribution is -2.54. The topological polar surface area (TPSA) is 87.7 Å². The molecule has 2 aliphatic rings. The van der Waals surface area contributed by atoms with Gasteiger partial charge < -0.3 is 10.1 Å². The number of hydrogen-bond donors (Lipinski definition) is 2. The molecule has 1 atom stereocenters. The molecule has 0 bridgehead atoms.